The molecule has 0 amide bonds. The molecule has 0 aromatic carbocycles. The van der Waals surface area contributed by atoms with Crippen molar-refractivity contribution in [1.29, 1.82) is 0 Å². The summed E-state index contributed by atoms with van der Waals surface area (Å²) in [6.07, 6.45) is 1.42. The van der Waals surface area contributed by atoms with Gasteiger partial charge in [-0.15, -0.1) is 0 Å². The molecule has 4 heteroatoms. The molecule has 1 rings (SSSR count). The zero-order chi connectivity index (χ0) is 10.6. The van der Waals surface area contributed by atoms with E-state index >= 15 is 0 Å². The molecular formula is C10H21N3O. The minimum atomic E-state index is 0.0771. The third-order valence-corrected chi connectivity index (χ3v) is 2.82. The maximum Gasteiger partial charge on any atom is 0.148 e. The Morgan fingerprint density at radius 2 is 2.36 bits per heavy atom. The Balaban J connectivity index is 2.55. The number of nitrogens with one attached hydrogen (secondary N) is 2. The first-order valence-electron chi connectivity index (χ1n) is 5.34. The molecule has 14 heavy (non-hydrogen) atoms. The summed E-state index contributed by atoms with van der Waals surface area (Å²) >= 11 is 0. The van der Waals surface area contributed by atoms with Gasteiger partial charge in [0.25, 0.3) is 0 Å². The van der Waals surface area contributed by atoms with E-state index in [2.05, 4.69) is 22.5 Å². The lowest BCUT2D eigenvalue weighted by atomic mass is 10.2. The summed E-state index contributed by atoms with van der Waals surface area (Å²) in [5.41, 5.74) is 0. The predicted octanol–water partition coefficient (Wildman–Crippen LogP) is -0.195. The van der Waals surface area contributed by atoms with Crippen LogP contribution in [0.5, 0.6) is 0 Å². The molecule has 0 aliphatic carbocycles. The molecular weight excluding hydrogens is 178 g/mol. The lowest BCUT2D eigenvalue weighted by Crippen LogP contribution is -2.44. The van der Waals surface area contributed by atoms with Crippen molar-refractivity contribution in [2.45, 2.75) is 32.5 Å². The standard InChI is InChI=1S/C10H21N3O/c1-4-10-12-7-9(8(2)14)13(10)6-5-11-3/h9-12H,4-7H2,1-3H3. The molecule has 0 saturated carbocycles. The average Bonchev–Trinajstić information content (AvgIpc) is 2.57. The van der Waals surface area contributed by atoms with Gasteiger partial charge in [0.15, 0.2) is 0 Å². The Hall–Kier alpha value is -0.450. The van der Waals surface area contributed by atoms with E-state index < -0.39 is 0 Å². The van der Waals surface area contributed by atoms with Gasteiger partial charge in [-0.25, -0.2) is 0 Å². The topological polar surface area (TPSA) is 44.4 Å². The Morgan fingerprint density at radius 1 is 1.64 bits per heavy atom. The van der Waals surface area contributed by atoms with Gasteiger partial charge in [0, 0.05) is 19.6 Å². The van der Waals surface area contributed by atoms with Gasteiger partial charge in [0.2, 0.25) is 0 Å². The lowest BCUT2D eigenvalue weighted by Gasteiger charge is -2.27. The molecule has 1 fully saturated rings. The summed E-state index contributed by atoms with van der Waals surface area (Å²) in [5, 5.41) is 6.49. The van der Waals surface area contributed by atoms with E-state index in [4.69, 9.17) is 0 Å². The minimum absolute atomic E-state index is 0.0771. The molecule has 4 nitrogen and oxygen atoms in total. The first-order chi connectivity index (χ1) is 6.70. The zero-order valence-electron chi connectivity index (χ0n) is 9.34. The summed E-state index contributed by atoms with van der Waals surface area (Å²) < 4.78 is 0. The number of carbonyl (C=O) groups excluding carboxylic acids is 1. The maximum atomic E-state index is 11.4. The van der Waals surface area contributed by atoms with Gasteiger partial charge in [-0.3, -0.25) is 15.0 Å². The number of rotatable bonds is 5. The van der Waals surface area contributed by atoms with Gasteiger partial charge in [0.1, 0.15) is 5.78 Å². The van der Waals surface area contributed by atoms with Crippen molar-refractivity contribution in [2.75, 3.05) is 26.7 Å². The average molecular weight is 199 g/mol. The summed E-state index contributed by atoms with van der Waals surface area (Å²) in [4.78, 5) is 13.6. The highest BCUT2D eigenvalue weighted by molar-refractivity contribution is 5.82. The van der Waals surface area contributed by atoms with Gasteiger partial charge >= 0.3 is 0 Å². The highest BCUT2D eigenvalue weighted by Crippen LogP contribution is 2.13. The molecule has 82 valence electrons. The monoisotopic (exact) mass is 199 g/mol. The normalized spacial score (nSPS) is 28.2. The molecule has 0 aromatic heterocycles. The van der Waals surface area contributed by atoms with Crippen molar-refractivity contribution < 1.29 is 4.79 Å². The van der Waals surface area contributed by atoms with Crippen molar-refractivity contribution in [2.24, 2.45) is 0 Å². The van der Waals surface area contributed by atoms with E-state index in [1.54, 1.807) is 6.92 Å². The van der Waals surface area contributed by atoms with Crippen LogP contribution in [0.15, 0.2) is 0 Å². The van der Waals surface area contributed by atoms with Crippen LogP contribution in [0.2, 0.25) is 0 Å². The largest absolute Gasteiger partial charge is 0.318 e. The van der Waals surface area contributed by atoms with Crippen LogP contribution in [-0.4, -0.2) is 49.6 Å². The third kappa shape index (κ3) is 2.53. The quantitative estimate of drug-likeness (QED) is 0.644. The fourth-order valence-electron chi connectivity index (χ4n) is 2.01. The first-order valence-corrected chi connectivity index (χ1v) is 5.34. The molecule has 2 atom stereocenters. The van der Waals surface area contributed by atoms with E-state index in [1.807, 2.05) is 7.05 Å². The maximum absolute atomic E-state index is 11.4. The van der Waals surface area contributed by atoms with Crippen molar-refractivity contribution in [1.82, 2.24) is 15.5 Å². The van der Waals surface area contributed by atoms with Crippen LogP contribution in [0, 0.1) is 0 Å². The smallest absolute Gasteiger partial charge is 0.148 e. The summed E-state index contributed by atoms with van der Waals surface area (Å²) in [6, 6.07) is 0.0771. The van der Waals surface area contributed by atoms with Crippen molar-refractivity contribution in [3.63, 3.8) is 0 Å². The number of carbonyl (C=O) groups is 1. The molecule has 2 N–H and O–H groups in total. The molecule has 0 spiro atoms. The van der Waals surface area contributed by atoms with Gasteiger partial charge in [-0.1, -0.05) is 6.92 Å². The van der Waals surface area contributed by atoms with Crippen LogP contribution < -0.4 is 10.6 Å². The van der Waals surface area contributed by atoms with Gasteiger partial charge in [-0.2, -0.15) is 0 Å². The van der Waals surface area contributed by atoms with E-state index in [9.17, 15) is 4.79 Å². The van der Waals surface area contributed by atoms with Crippen molar-refractivity contribution >= 4 is 5.78 Å². The molecule has 2 unspecified atom stereocenters. The molecule has 1 heterocycles. The summed E-state index contributed by atoms with van der Waals surface area (Å²) in [5.74, 6) is 0.268. The zero-order valence-corrected chi connectivity index (χ0v) is 9.34. The van der Waals surface area contributed by atoms with E-state index in [0.29, 0.717) is 6.17 Å². The van der Waals surface area contributed by atoms with Crippen LogP contribution in [-0.2, 0) is 4.79 Å². The van der Waals surface area contributed by atoms with E-state index in [1.165, 1.54) is 0 Å². The second-order valence-electron chi connectivity index (χ2n) is 3.80. The Labute approximate surface area is 86.0 Å². The van der Waals surface area contributed by atoms with Crippen molar-refractivity contribution in [3.05, 3.63) is 0 Å². The van der Waals surface area contributed by atoms with Gasteiger partial charge in [-0.05, 0) is 20.4 Å². The van der Waals surface area contributed by atoms with Crippen LogP contribution >= 0.6 is 0 Å². The Bertz CT molecular complexity index is 196. The fraction of sp³-hybridized carbons (Fsp3) is 0.900. The highest BCUT2D eigenvalue weighted by Gasteiger charge is 2.33. The summed E-state index contributed by atoms with van der Waals surface area (Å²) in [6.45, 7) is 6.50. The highest BCUT2D eigenvalue weighted by atomic mass is 16.1. The lowest BCUT2D eigenvalue weighted by molar-refractivity contribution is -0.121. The van der Waals surface area contributed by atoms with Gasteiger partial charge < -0.3 is 5.32 Å². The molecule has 1 aliphatic heterocycles. The van der Waals surface area contributed by atoms with Crippen LogP contribution in [0.1, 0.15) is 20.3 Å². The van der Waals surface area contributed by atoms with E-state index in [-0.39, 0.29) is 11.8 Å². The fourth-order valence-corrected chi connectivity index (χ4v) is 2.01. The molecule has 0 radical (unpaired) electrons. The third-order valence-electron chi connectivity index (χ3n) is 2.82. The molecule has 0 aromatic rings. The number of ketones is 1. The number of hydrogen-bond donors (Lipinski definition) is 2. The molecule has 1 saturated heterocycles. The van der Waals surface area contributed by atoms with Crippen LogP contribution in [0.3, 0.4) is 0 Å². The molecule has 1 aliphatic rings. The second kappa shape index (κ2) is 5.44. The SMILES string of the molecule is CCC1NCC(C(C)=O)N1CCNC. The van der Waals surface area contributed by atoms with Crippen LogP contribution in [0.4, 0.5) is 0 Å². The predicted molar refractivity (Wildman–Crippen MR) is 57.2 cm³/mol. The number of nitrogens with zero attached hydrogens (tertiary/aromatic N) is 1. The number of likely N-dealkylation sites (N-methyl/N-ethyl adjacent to an activating group) is 1. The Kier molecular flexibility index (Phi) is 4.51. The van der Waals surface area contributed by atoms with Gasteiger partial charge in [0.05, 0.1) is 12.2 Å². The van der Waals surface area contributed by atoms with Crippen molar-refractivity contribution in [3.8, 4) is 0 Å². The van der Waals surface area contributed by atoms with Crippen LogP contribution in [0.25, 0.3) is 0 Å². The first kappa shape index (κ1) is 11.6. The van der Waals surface area contributed by atoms with E-state index in [0.717, 1.165) is 26.1 Å². The summed E-state index contributed by atoms with van der Waals surface area (Å²) in [7, 11) is 1.94. The number of Topliss-reactive ketones (excluding diaryl/α,β-unsaturated/α-hetero) is 1. The number of hydrogen-bond acceptors (Lipinski definition) is 4. The Morgan fingerprint density at radius 3 is 2.86 bits per heavy atom. The minimum Gasteiger partial charge on any atom is -0.318 e. The molecule has 0 bridgehead atoms. The second-order valence-corrected chi connectivity index (χ2v) is 3.80.